The number of aromatic nitrogens is 3. The summed E-state index contributed by atoms with van der Waals surface area (Å²) in [5, 5.41) is 9.69. The van der Waals surface area contributed by atoms with Crippen molar-refractivity contribution < 1.29 is 13.2 Å². The Balaban J connectivity index is 0.00000312. The second-order valence-corrected chi connectivity index (χ2v) is 5.13. The highest BCUT2D eigenvalue weighted by Gasteiger charge is 2.26. The Bertz CT molecular complexity index is 658. The van der Waals surface area contributed by atoms with Crippen molar-refractivity contribution in [1.82, 2.24) is 25.4 Å². The van der Waals surface area contributed by atoms with Crippen molar-refractivity contribution in [1.29, 1.82) is 0 Å². The molecule has 25 heavy (non-hydrogen) atoms. The molecule has 0 aliphatic heterocycles. The Morgan fingerprint density at radius 1 is 1.24 bits per heavy atom. The van der Waals surface area contributed by atoms with E-state index in [0.29, 0.717) is 19.0 Å². The Hall–Kier alpha value is -1.85. The van der Waals surface area contributed by atoms with E-state index < -0.39 is 12.6 Å². The number of hydrogen-bond donors (Lipinski definition) is 2. The number of halogens is 4. The summed E-state index contributed by atoms with van der Waals surface area (Å²) in [7, 11) is 1.52. The molecule has 1 aromatic heterocycles. The first-order valence-electron chi connectivity index (χ1n) is 7.38. The molecule has 138 valence electrons. The zero-order valence-electron chi connectivity index (χ0n) is 13.6. The van der Waals surface area contributed by atoms with Gasteiger partial charge in [-0.15, -0.1) is 24.0 Å². The standard InChI is InChI=1S/C15H19F3N6.HI/c1-19-14(21-6-5-15(16,17)18)22-8-12-3-2-4-13(7-12)9-24-11-20-10-23-24;/h2-4,7,10-11H,5-6,8-9H2,1H3,(H2,19,21,22);1H. The lowest BCUT2D eigenvalue weighted by Gasteiger charge is -2.13. The average Bonchev–Trinajstić information content (AvgIpc) is 3.03. The van der Waals surface area contributed by atoms with Crippen LogP contribution < -0.4 is 10.6 Å². The van der Waals surface area contributed by atoms with Crippen LogP contribution in [0.4, 0.5) is 13.2 Å². The minimum atomic E-state index is -4.18. The van der Waals surface area contributed by atoms with E-state index in [0.717, 1.165) is 11.1 Å². The molecule has 2 aromatic rings. The second-order valence-electron chi connectivity index (χ2n) is 5.13. The Labute approximate surface area is 161 Å². The quantitative estimate of drug-likeness (QED) is 0.389. The van der Waals surface area contributed by atoms with Crippen LogP contribution in [0.1, 0.15) is 17.5 Å². The fourth-order valence-electron chi connectivity index (χ4n) is 2.07. The number of hydrogen-bond acceptors (Lipinski definition) is 3. The summed E-state index contributed by atoms with van der Waals surface area (Å²) in [6, 6.07) is 7.82. The third-order valence-corrected chi connectivity index (χ3v) is 3.19. The van der Waals surface area contributed by atoms with E-state index in [2.05, 4.69) is 25.7 Å². The molecule has 0 amide bonds. The molecule has 0 aliphatic carbocycles. The molecule has 0 atom stereocenters. The van der Waals surface area contributed by atoms with Gasteiger partial charge in [0, 0.05) is 20.1 Å². The van der Waals surface area contributed by atoms with Crippen LogP contribution >= 0.6 is 24.0 Å². The molecule has 10 heteroatoms. The van der Waals surface area contributed by atoms with E-state index in [-0.39, 0.29) is 30.5 Å². The van der Waals surface area contributed by atoms with Crippen molar-refractivity contribution in [2.75, 3.05) is 13.6 Å². The van der Waals surface area contributed by atoms with E-state index >= 15 is 0 Å². The fraction of sp³-hybridized carbons (Fsp3) is 0.400. The lowest BCUT2D eigenvalue weighted by Crippen LogP contribution is -2.38. The molecule has 0 saturated carbocycles. The molecule has 0 fully saturated rings. The SMILES string of the molecule is CN=C(NCCC(F)(F)F)NCc1cccc(Cn2cncn2)c1.I. The second kappa shape index (κ2) is 10.2. The summed E-state index contributed by atoms with van der Waals surface area (Å²) in [4.78, 5) is 7.80. The molecule has 0 radical (unpaired) electrons. The van der Waals surface area contributed by atoms with E-state index in [9.17, 15) is 13.2 Å². The Kier molecular flexibility index (Phi) is 8.66. The number of guanidine groups is 1. The van der Waals surface area contributed by atoms with Crippen molar-refractivity contribution in [3.63, 3.8) is 0 Å². The highest BCUT2D eigenvalue weighted by Crippen LogP contribution is 2.18. The summed E-state index contributed by atoms with van der Waals surface area (Å²) >= 11 is 0. The van der Waals surface area contributed by atoms with Crippen molar-refractivity contribution in [2.45, 2.75) is 25.7 Å². The highest BCUT2D eigenvalue weighted by atomic mass is 127. The predicted octanol–water partition coefficient (Wildman–Crippen LogP) is 2.56. The Morgan fingerprint density at radius 2 is 2.00 bits per heavy atom. The normalized spacial score (nSPS) is 11.8. The molecule has 1 aromatic carbocycles. The maximum absolute atomic E-state index is 12.1. The van der Waals surface area contributed by atoms with Crippen molar-refractivity contribution in [2.24, 2.45) is 4.99 Å². The molecule has 0 unspecified atom stereocenters. The van der Waals surface area contributed by atoms with Gasteiger partial charge >= 0.3 is 6.18 Å². The zero-order chi connectivity index (χ0) is 17.4. The van der Waals surface area contributed by atoms with Gasteiger partial charge in [0.25, 0.3) is 0 Å². The van der Waals surface area contributed by atoms with E-state index in [4.69, 9.17) is 0 Å². The summed E-state index contributed by atoms with van der Waals surface area (Å²) in [5.41, 5.74) is 2.05. The fourth-order valence-corrected chi connectivity index (χ4v) is 2.07. The molecule has 0 spiro atoms. The minimum Gasteiger partial charge on any atom is -0.356 e. The first-order chi connectivity index (χ1) is 11.5. The van der Waals surface area contributed by atoms with Crippen LogP contribution in [0.5, 0.6) is 0 Å². The van der Waals surface area contributed by atoms with Crippen LogP contribution in [0.25, 0.3) is 0 Å². The topological polar surface area (TPSA) is 67.1 Å². The van der Waals surface area contributed by atoms with Gasteiger partial charge in [-0.05, 0) is 11.1 Å². The largest absolute Gasteiger partial charge is 0.390 e. The third kappa shape index (κ3) is 8.18. The molecule has 1 heterocycles. The van der Waals surface area contributed by atoms with Crippen molar-refractivity contribution >= 4 is 29.9 Å². The number of aliphatic imine (C=N–C) groups is 1. The highest BCUT2D eigenvalue weighted by molar-refractivity contribution is 14.0. The van der Waals surface area contributed by atoms with Gasteiger partial charge < -0.3 is 10.6 Å². The van der Waals surface area contributed by atoms with Crippen LogP contribution in [0.2, 0.25) is 0 Å². The third-order valence-electron chi connectivity index (χ3n) is 3.19. The van der Waals surface area contributed by atoms with E-state index in [1.54, 1.807) is 11.0 Å². The van der Waals surface area contributed by atoms with Crippen LogP contribution in [0, 0.1) is 0 Å². The number of rotatable bonds is 6. The zero-order valence-corrected chi connectivity index (χ0v) is 16.0. The smallest absolute Gasteiger partial charge is 0.356 e. The maximum atomic E-state index is 12.1. The molecule has 0 aliphatic rings. The number of benzene rings is 1. The van der Waals surface area contributed by atoms with Gasteiger partial charge in [0.1, 0.15) is 12.7 Å². The van der Waals surface area contributed by atoms with E-state index in [1.165, 1.54) is 13.4 Å². The van der Waals surface area contributed by atoms with Crippen molar-refractivity contribution in [3.05, 3.63) is 48.0 Å². The molecule has 6 nitrogen and oxygen atoms in total. The van der Waals surface area contributed by atoms with Gasteiger partial charge in [-0.2, -0.15) is 18.3 Å². The monoisotopic (exact) mass is 468 g/mol. The Morgan fingerprint density at radius 3 is 2.64 bits per heavy atom. The number of nitrogens with one attached hydrogen (secondary N) is 2. The molecular weight excluding hydrogens is 448 g/mol. The van der Waals surface area contributed by atoms with Crippen LogP contribution in [0.15, 0.2) is 41.9 Å². The first kappa shape index (κ1) is 21.2. The first-order valence-corrected chi connectivity index (χ1v) is 7.38. The van der Waals surface area contributed by atoms with Gasteiger partial charge in [-0.25, -0.2) is 9.67 Å². The molecular formula is C15H20F3IN6. The number of nitrogens with zero attached hydrogens (tertiary/aromatic N) is 4. The summed E-state index contributed by atoms with van der Waals surface area (Å²) in [6.45, 7) is 0.846. The average molecular weight is 468 g/mol. The van der Waals surface area contributed by atoms with Gasteiger partial charge in [0.15, 0.2) is 5.96 Å². The molecule has 0 bridgehead atoms. The summed E-state index contributed by atoms with van der Waals surface area (Å²) in [5.74, 6) is 0.334. The lowest BCUT2D eigenvalue weighted by molar-refractivity contribution is -0.132. The minimum absolute atomic E-state index is 0. The molecule has 0 saturated heterocycles. The van der Waals surface area contributed by atoms with Gasteiger partial charge in [0.05, 0.1) is 13.0 Å². The molecule has 2 rings (SSSR count). The van der Waals surface area contributed by atoms with Gasteiger partial charge in [-0.3, -0.25) is 4.99 Å². The van der Waals surface area contributed by atoms with Crippen LogP contribution in [-0.4, -0.2) is 40.5 Å². The summed E-state index contributed by atoms with van der Waals surface area (Å²) < 4.78 is 38.2. The van der Waals surface area contributed by atoms with Crippen LogP contribution in [0.3, 0.4) is 0 Å². The van der Waals surface area contributed by atoms with E-state index in [1.807, 2.05) is 24.3 Å². The van der Waals surface area contributed by atoms with Gasteiger partial charge in [0.2, 0.25) is 0 Å². The maximum Gasteiger partial charge on any atom is 0.390 e. The summed E-state index contributed by atoms with van der Waals surface area (Å²) in [6.07, 6.45) is -1.97. The predicted molar refractivity (Wildman–Crippen MR) is 99.9 cm³/mol. The van der Waals surface area contributed by atoms with Crippen molar-refractivity contribution in [3.8, 4) is 0 Å². The molecule has 2 N–H and O–H groups in total. The van der Waals surface area contributed by atoms with Gasteiger partial charge in [-0.1, -0.05) is 24.3 Å². The number of alkyl halides is 3. The lowest BCUT2D eigenvalue weighted by atomic mass is 10.1. The van der Waals surface area contributed by atoms with Crippen LogP contribution in [-0.2, 0) is 13.1 Å².